The van der Waals surface area contributed by atoms with E-state index >= 15 is 0 Å². The van der Waals surface area contributed by atoms with Gasteiger partial charge in [-0.3, -0.25) is 4.79 Å². The van der Waals surface area contributed by atoms with Crippen LogP contribution in [0, 0.1) is 20.8 Å². The van der Waals surface area contributed by atoms with Gasteiger partial charge in [0.2, 0.25) is 5.75 Å². The SMILES string of the molecule is COc1c(C)n2nc(C)c(C)c2[nH]c1=O. The van der Waals surface area contributed by atoms with E-state index in [0.29, 0.717) is 11.4 Å². The van der Waals surface area contributed by atoms with E-state index in [-0.39, 0.29) is 5.56 Å². The summed E-state index contributed by atoms with van der Waals surface area (Å²) in [5.41, 5.74) is 3.12. The first-order chi connectivity index (χ1) is 7.06. The Bertz CT molecular complexity index is 580. The smallest absolute Gasteiger partial charge is 0.293 e. The molecule has 2 heterocycles. The Hall–Kier alpha value is -1.78. The van der Waals surface area contributed by atoms with Crippen molar-refractivity contribution in [2.45, 2.75) is 20.8 Å². The predicted octanol–water partition coefficient (Wildman–Crippen LogP) is 0.956. The van der Waals surface area contributed by atoms with E-state index in [4.69, 9.17) is 4.74 Å². The van der Waals surface area contributed by atoms with E-state index < -0.39 is 0 Å². The van der Waals surface area contributed by atoms with Crippen LogP contribution in [-0.4, -0.2) is 21.7 Å². The number of nitrogens with zero attached hydrogens (tertiary/aromatic N) is 2. The highest BCUT2D eigenvalue weighted by Crippen LogP contribution is 2.16. The fourth-order valence-electron chi connectivity index (χ4n) is 1.66. The molecule has 0 unspecified atom stereocenters. The van der Waals surface area contributed by atoms with E-state index in [1.54, 1.807) is 4.52 Å². The Morgan fingerprint density at radius 1 is 1.33 bits per heavy atom. The molecular weight excluding hydrogens is 194 g/mol. The molecule has 0 saturated carbocycles. The zero-order valence-electron chi connectivity index (χ0n) is 9.21. The first-order valence-corrected chi connectivity index (χ1v) is 4.69. The zero-order valence-corrected chi connectivity index (χ0v) is 9.21. The lowest BCUT2D eigenvalue weighted by Gasteiger charge is -2.04. The van der Waals surface area contributed by atoms with Gasteiger partial charge in [0.15, 0.2) is 0 Å². The largest absolute Gasteiger partial charge is 0.490 e. The average molecular weight is 207 g/mol. The summed E-state index contributed by atoms with van der Waals surface area (Å²) in [6.07, 6.45) is 0. The molecule has 2 aromatic rings. The minimum Gasteiger partial charge on any atom is -0.490 e. The number of ether oxygens (including phenoxy) is 1. The summed E-state index contributed by atoms with van der Waals surface area (Å²) >= 11 is 0. The number of H-pyrrole nitrogens is 1. The van der Waals surface area contributed by atoms with Crippen LogP contribution < -0.4 is 10.3 Å². The Morgan fingerprint density at radius 2 is 2.00 bits per heavy atom. The van der Waals surface area contributed by atoms with Gasteiger partial charge in [0.25, 0.3) is 5.56 Å². The first kappa shape index (κ1) is 9.76. The minimum atomic E-state index is -0.217. The minimum absolute atomic E-state index is 0.217. The third-order valence-corrected chi connectivity index (χ3v) is 2.65. The van der Waals surface area contributed by atoms with Crippen LogP contribution in [0.25, 0.3) is 5.65 Å². The first-order valence-electron chi connectivity index (χ1n) is 4.69. The molecule has 5 heteroatoms. The summed E-state index contributed by atoms with van der Waals surface area (Å²) in [5, 5.41) is 4.33. The number of methoxy groups -OCH3 is 1. The highest BCUT2D eigenvalue weighted by molar-refractivity contribution is 5.51. The van der Waals surface area contributed by atoms with Gasteiger partial charge >= 0.3 is 0 Å². The van der Waals surface area contributed by atoms with Crippen molar-refractivity contribution in [2.24, 2.45) is 0 Å². The van der Waals surface area contributed by atoms with Gasteiger partial charge in [0, 0.05) is 5.56 Å². The molecule has 80 valence electrons. The number of hydrogen-bond donors (Lipinski definition) is 1. The van der Waals surface area contributed by atoms with Gasteiger partial charge in [-0.1, -0.05) is 0 Å². The van der Waals surface area contributed by atoms with Crippen molar-refractivity contribution in [3.8, 4) is 5.75 Å². The standard InChI is InChI=1S/C10H13N3O2/c1-5-6(2)12-13-7(3)8(15-4)10(14)11-9(5)13/h1-4H3,(H,11,14). The van der Waals surface area contributed by atoms with Crippen LogP contribution in [0.1, 0.15) is 17.0 Å². The van der Waals surface area contributed by atoms with Crippen molar-refractivity contribution in [3.05, 3.63) is 27.3 Å². The van der Waals surface area contributed by atoms with Crippen molar-refractivity contribution in [3.63, 3.8) is 0 Å². The molecule has 0 atom stereocenters. The summed E-state index contributed by atoms with van der Waals surface area (Å²) in [6, 6.07) is 0. The fourth-order valence-corrected chi connectivity index (χ4v) is 1.66. The molecule has 15 heavy (non-hydrogen) atoms. The zero-order chi connectivity index (χ0) is 11.2. The monoisotopic (exact) mass is 207 g/mol. The maximum absolute atomic E-state index is 11.6. The molecule has 0 aliphatic rings. The molecule has 2 aromatic heterocycles. The molecule has 5 nitrogen and oxygen atoms in total. The van der Waals surface area contributed by atoms with Crippen molar-refractivity contribution in [2.75, 3.05) is 7.11 Å². The lowest BCUT2D eigenvalue weighted by Crippen LogP contribution is -2.15. The normalized spacial score (nSPS) is 10.9. The summed E-state index contributed by atoms with van der Waals surface area (Å²) < 4.78 is 6.73. The third-order valence-electron chi connectivity index (χ3n) is 2.65. The molecule has 0 aliphatic heterocycles. The number of fused-ring (bicyclic) bond motifs is 1. The summed E-state index contributed by atoms with van der Waals surface area (Å²) in [6.45, 7) is 5.65. The van der Waals surface area contributed by atoms with Gasteiger partial charge in [0.1, 0.15) is 5.65 Å². The molecular formula is C10H13N3O2. The number of hydrogen-bond acceptors (Lipinski definition) is 3. The number of aromatic nitrogens is 3. The molecule has 0 aromatic carbocycles. The van der Waals surface area contributed by atoms with Crippen LogP contribution in [0.2, 0.25) is 0 Å². The summed E-state index contributed by atoms with van der Waals surface area (Å²) in [7, 11) is 1.48. The van der Waals surface area contributed by atoms with Crippen LogP contribution in [0.5, 0.6) is 5.75 Å². The van der Waals surface area contributed by atoms with Crippen molar-refractivity contribution in [1.29, 1.82) is 0 Å². The molecule has 0 amide bonds. The fraction of sp³-hybridized carbons (Fsp3) is 0.400. The van der Waals surface area contributed by atoms with Crippen LogP contribution in [0.15, 0.2) is 4.79 Å². The van der Waals surface area contributed by atoms with Crippen molar-refractivity contribution < 1.29 is 4.74 Å². The van der Waals surface area contributed by atoms with Crippen LogP contribution >= 0.6 is 0 Å². The average Bonchev–Trinajstić information content (AvgIpc) is 2.46. The Balaban J connectivity index is 2.97. The van der Waals surface area contributed by atoms with E-state index in [1.807, 2.05) is 20.8 Å². The quantitative estimate of drug-likeness (QED) is 0.757. The lowest BCUT2D eigenvalue weighted by molar-refractivity contribution is 0.400. The van der Waals surface area contributed by atoms with E-state index in [9.17, 15) is 4.79 Å². The third kappa shape index (κ3) is 1.23. The number of nitrogens with one attached hydrogen (secondary N) is 1. The Labute approximate surface area is 86.7 Å². The second-order valence-electron chi connectivity index (χ2n) is 3.54. The second kappa shape index (κ2) is 3.12. The molecule has 0 aliphatic carbocycles. The van der Waals surface area contributed by atoms with Crippen molar-refractivity contribution >= 4 is 5.65 Å². The second-order valence-corrected chi connectivity index (χ2v) is 3.54. The van der Waals surface area contributed by atoms with Gasteiger partial charge in [-0.2, -0.15) is 5.10 Å². The number of aromatic amines is 1. The Kier molecular flexibility index (Phi) is 2.03. The molecule has 0 fully saturated rings. The van der Waals surface area contributed by atoms with E-state index in [1.165, 1.54) is 7.11 Å². The van der Waals surface area contributed by atoms with Crippen LogP contribution in [0.4, 0.5) is 0 Å². The van der Waals surface area contributed by atoms with E-state index in [2.05, 4.69) is 10.1 Å². The van der Waals surface area contributed by atoms with Crippen LogP contribution in [0.3, 0.4) is 0 Å². The molecule has 2 rings (SSSR count). The van der Waals surface area contributed by atoms with Gasteiger partial charge in [-0.15, -0.1) is 0 Å². The highest BCUT2D eigenvalue weighted by Gasteiger charge is 2.13. The van der Waals surface area contributed by atoms with Gasteiger partial charge in [-0.05, 0) is 20.8 Å². The van der Waals surface area contributed by atoms with Gasteiger partial charge in [0.05, 0.1) is 18.5 Å². The van der Waals surface area contributed by atoms with Crippen molar-refractivity contribution in [1.82, 2.24) is 14.6 Å². The number of rotatable bonds is 1. The molecule has 0 saturated heterocycles. The van der Waals surface area contributed by atoms with E-state index in [0.717, 1.165) is 16.9 Å². The molecule has 1 N–H and O–H groups in total. The maximum atomic E-state index is 11.6. The maximum Gasteiger partial charge on any atom is 0.293 e. The van der Waals surface area contributed by atoms with Gasteiger partial charge < -0.3 is 9.72 Å². The number of aryl methyl sites for hydroxylation is 3. The lowest BCUT2D eigenvalue weighted by atomic mass is 10.3. The predicted molar refractivity (Wildman–Crippen MR) is 56.6 cm³/mol. The summed E-state index contributed by atoms with van der Waals surface area (Å²) in [5.74, 6) is 0.310. The Morgan fingerprint density at radius 3 is 2.60 bits per heavy atom. The van der Waals surface area contributed by atoms with Crippen LogP contribution in [-0.2, 0) is 0 Å². The summed E-state index contributed by atoms with van der Waals surface area (Å²) in [4.78, 5) is 14.4. The molecule has 0 radical (unpaired) electrons. The topological polar surface area (TPSA) is 59.4 Å². The molecule has 0 spiro atoms. The highest BCUT2D eigenvalue weighted by atomic mass is 16.5. The van der Waals surface area contributed by atoms with Gasteiger partial charge in [-0.25, -0.2) is 4.52 Å². The molecule has 0 bridgehead atoms.